The Hall–Kier alpha value is -4.55. The molecule has 18 nitrogen and oxygen atoms in total. The van der Waals surface area contributed by atoms with E-state index in [1.165, 1.54) is 14.0 Å². The van der Waals surface area contributed by atoms with Gasteiger partial charge in [0.25, 0.3) is 0 Å². The van der Waals surface area contributed by atoms with Crippen molar-refractivity contribution in [2.45, 2.75) is 83.1 Å². The second-order valence-electron chi connectivity index (χ2n) is 11.7. The molecule has 5 aliphatic rings. The van der Waals surface area contributed by atoms with Crippen LogP contribution < -0.4 is 16.4 Å². The van der Waals surface area contributed by atoms with Gasteiger partial charge in [-0.25, -0.2) is 4.79 Å². The van der Waals surface area contributed by atoms with Gasteiger partial charge in [-0.15, -0.1) is 0 Å². The number of allylic oxidation sites excluding steroid dienone is 2. The molecule has 2 amide bonds. The standard InChI is InChI=1S/C29H36N4O14/c1-10-21(38)20-18(15(8-43-28(30)40)29(41-6)26-16(32-26)7-33(20)29)22(39)23(10)47-27-19(31-11(2)34)25(45-14(5)37)24(44-13(4)36)17(46-27)9-42-12(3)35/h15-17,19,24-27,32H,7-9H2,1-6H3,(H2,30,40)(H,31,34)/t15-,16+,17-,19-,24-,25-,26+,27+,29-/m1/s1. The molecular formula is C29H36N4O14. The van der Waals surface area contributed by atoms with E-state index in [1.807, 2.05) is 0 Å². The van der Waals surface area contributed by atoms with Crippen molar-refractivity contribution in [1.29, 1.82) is 0 Å². The van der Waals surface area contributed by atoms with Gasteiger partial charge in [-0.3, -0.25) is 28.8 Å². The lowest BCUT2D eigenvalue weighted by atomic mass is 9.83. The Balaban J connectivity index is 1.54. The fourth-order valence-corrected chi connectivity index (χ4v) is 6.92. The Bertz CT molecular complexity index is 1490. The van der Waals surface area contributed by atoms with Gasteiger partial charge in [0.2, 0.25) is 23.8 Å². The van der Waals surface area contributed by atoms with Gasteiger partial charge in [0.15, 0.2) is 23.7 Å². The molecule has 0 bridgehead atoms. The molecule has 9 atom stereocenters. The van der Waals surface area contributed by atoms with Crippen LogP contribution in [0, 0.1) is 5.92 Å². The molecule has 4 aliphatic heterocycles. The molecule has 47 heavy (non-hydrogen) atoms. The topological polar surface area (TPSA) is 247 Å². The molecule has 18 heteroatoms. The highest BCUT2D eigenvalue weighted by Gasteiger charge is 2.73. The molecule has 0 radical (unpaired) electrons. The number of primary amides is 1. The fraction of sp³-hybridized carbons (Fsp3) is 0.621. The second-order valence-corrected chi connectivity index (χ2v) is 11.7. The van der Waals surface area contributed by atoms with E-state index in [-0.39, 0.29) is 28.9 Å². The SMILES string of the molecule is CO[C@@]12[C@H](COC(N)=O)C3=C(C(=O)C(C)=C(O[C@@H]4O[C@H](COC(C)=O)[C@@H](OC(C)=O)[C@H](OC(C)=O)[C@H]4NC(C)=O)C3=O)N1C[C@@H]1N[C@@H]12. The van der Waals surface area contributed by atoms with Crippen LogP contribution in [0.15, 0.2) is 22.6 Å². The van der Waals surface area contributed by atoms with E-state index in [0.717, 1.165) is 27.7 Å². The summed E-state index contributed by atoms with van der Waals surface area (Å²) < 4.78 is 39.2. The first-order chi connectivity index (χ1) is 22.1. The number of piperazine rings is 1. The summed E-state index contributed by atoms with van der Waals surface area (Å²) in [6.45, 7) is 5.26. The van der Waals surface area contributed by atoms with Crippen molar-refractivity contribution in [1.82, 2.24) is 15.5 Å². The Morgan fingerprint density at radius 1 is 0.979 bits per heavy atom. The summed E-state index contributed by atoms with van der Waals surface area (Å²) in [6, 6.07) is -1.73. The van der Waals surface area contributed by atoms with Crippen molar-refractivity contribution < 1.29 is 66.7 Å². The molecule has 0 aromatic rings. The van der Waals surface area contributed by atoms with Crippen LogP contribution >= 0.6 is 0 Å². The summed E-state index contributed by atoms with van der Waals surface area (Å²) >= 11 is 0. The maximum Gasteiger partial charge on any atom is 0.404 e. The number of nitrogens with two attached hydrogens (primary N) is 1. The number of methoxy groups -OCH3 is 1. The van der Waals surface area contributed by atoms with Crippen molar-refractivity contribution in [2.75, 3.05) is 26.9 Å². The Morgan fingerprint density at radius 3 is 2.21 bits per heavy atom. The number of rotatable bonds is 10. The highest BCUT2D eigenvalue weighted by molar-refractivity contribution is 6.25. The average molecular weight is 665 g/mol. The van der Waals surface area contributed by atoms with Crippen molar-refractivity contribution in [3.8, 4) is 0 Å². The van der Waals surface area contributed by atoms with Crippen molar-refractivity contribution in [3.63, 3.8) is 0 Å². The molecule has 4 heterocycles. The lowest BCUT2D eigenvalue weighted by Gasteiger charge is -2.45. The number of fused-ring (bicyclic) bond motifs is 4. The summed E-state index contributed by atoms with van der Waals surface area (Å²) in [5.41, 5.74) is 3.92. The van der Waals surface area contributed by atoms with Crippen LogP contribution in [-0.4, -0.2) is 122 Å². The van der Waals surface area contributed by atoms with Crippen LogP contribution in [0.1, 0.15) is 34.6 Å². The van der Waals surface area contributed by atoms with Crippen LogP contribution in [0.2, 0.25) is 0 Å². The van der Waals surface area contributed by atoms with Gasteiger partial charge in [0, 0.05) is 58.5 Å². The number of carbonyl (C=O) groups excluding carboxylic acids is 7. The van der Waals surface area contributed by atoms with Crippen molar-refractivity contribution >= 4 is 41.5 Å². The number of nitrogens with one attached hydrogen (secondary N) is 2. The van der Waals surface area contributed by atoms with E-state index in [4.69, 9.17) is 38.9 Å². The number of amides is 2. The van der Waals surface area contributed by atoms with E-state index < -0.39 is 103 Å². The number of hydrogen-bond acceptors (Lipinski definition) is 16. The van der Waals surface area contributed by atoms with E-state index >= 15 is 0 Å². The summed E-state index contributed by atoms with van der Waals surface area (Å²) in [5.74, 6) is -5.75. The second kappa shape index (κ2) is 12.6. The molecular weight excluding hydrogens is 628 g/mol. The highest BCUT2D eigenvalue weighted by Crippen LogP contribution is 2.56. The summed E-state index contributed by atoms with van der Waals surface area (Å²) in [5, 5.41) is 5.81. The number of ketones is 2. The van der Waals surface area contributed by atoms with E-state index in [1.54, 1.807) is 4.90 Å². The zero-order chi connectivity index (χ0) is 34.5. The summed E-state index contributed by atoms with van der Waals surface area (Å²) in [6.07, 6.45) is -6.95. The predicted octanol–water partition coefficient (Wildman–Crippen LogP) is -1.94. The van der Waals surface area contributed by atoms with E-state index in [0.29, 0.717) is 6.54 Å². The van der Waals surface area contributed by atoms with Crippen molar-refractivity contribution in [2.24, 2.45) is 11.7 Å². The maximum atomic E-state index is 14.4. The van der Waals surface area contributed by atoms with Gasteiger partial charge in [-0.05, 0) is 6.92 Å². The van der Waals surface area contributed by atoms with Gasteiger partial charge >= 0.3 is 24.0 Å². The lowest BCUT2D eigenvalue weighted by molar-refractivity contribution is -0.268. The first-order valence-electron chi connectivity index (χ1n) is 14.7. The Morgan fingerprint density at radius 2 is 1.64 bits per heavy atom. The minimum atomic E-state index is -1.66. The molecule has 256 valence electrons. The lowest BCUT2D eigenvalue weighted by Crippen LogP contribution is -2.66. The number of esters is 3. The van der Waals surface area contributed by atoms with E-state index in [9.17, 15) is 33.6 Å². The van der Waals surface area contributed by atoms with E-state index in [2.05, 4.69) is 10.6 Å². The number of Topliss-reactive ketones (excluding diaryl/α,β-unsaturated/α-hetero) is 2. The third-order valence-corrected chi connectivity index (χ3v) is 8.68. The van der Waals surface area contributed by atoms with Crippen LogP contribution in [0.25, 0.3) is 0 Å². The molecule has 0 unspecified atom stereocenters. The first kappa shape index (κ1) is 33.8. The highest BCUT2D eigenvalue weighted by atomic mass is 16.7. The molecule has 3 saturated heterocycles. The zero-order valence-corrected chi connectivity index (χ0v) is 26.5. The van der Waals surface area contributed by atoms with Crippen LogP contribution in [0.4, 0.5) is 4.79 Å². The van der Waals surface area contributed by atoms with Crippen molar-refractivity contribution in [3.05, 3.63) is 22.6 Å². The number of hydrogen-bond donors (Lipinski definition) is 3. The summed E-state index contributed by atoms with van der Waals surface area (Å²) in [4.78, 5) is 90.0. The number of ether oxygens (including phenoxy) is 7. The molecule has 1 aliphatic carbocycles. The predicted molar refractivity (Wildman–Crippen MR) is 151 cm³/mol. The molecule has 4 N–H and O–H groups in total. The normalized spacial score (nSPS) is 33.8. The van der Waals surface area contributed by atoms with Gasteiger partial charge in [-0.2, -0.15) is 0 Å². The van der Waals surface area contributed by atoms with Gasteiger partial charge < -0.3 is 54.4 Å². The third-order valence-electron chi connectivity index (χ3n) is 8.68. The third kappa shape index (κ3) is 5.91. The molecule has 5 rings (SSSR count). The summed E-state index contributed by atoms with van der Waals surface area (Å²) in [7, 11) is 1.42. The van der Waals surface area contributed by atoms with Gasteiger partial charge in [0.05, 0.1) is 17.7 Å². The Kier molecular flexibility index (Phi) is 9.04. The molecule has 0 spiro atoms. The molecule has 0 aromatic carbocycles. The largest absolute Gasteiger partial charge is 0.463 e. The average Bonchev–Trinajstić information content (AvgIpc) is 3.59. The van der Waals surface area contributed by atoms with Crippen LogP contribution in [0.5, 0.6) is 0 Å². The monoisotopic (exact) mass is 664 g/mol. The van der Waals surface area contributed by atoms with Gasteiger partial charge in [0.1, 0.15) is 25.4 Å². The number of nitrogens with zero attached hydrogens (tertiary/aromatic N) is 1. The quantitative estimate of drug-likeness (QED) is 0.0995. The molecule has 0 saturated carbocycles. The van der Waals surface area contributed by atoms with Crippen LogP contribution in [-0.2, 0) is 61.9 Å². The minimum Gasteiger partial charge on any atom is -0.463 e. The first-order valence-corrected chi connectivity index (χ1v) is 14.7. The van der Waals surface area contributed by atoms with Gasteiger partial charge in [-0.1, -0.05) is 0 Å². The smallest absolute Gasteiger partial charge is 0.404 e. The van der Waals surface area contributed by atoms with Crippen LogP contribution in [0.3, 0.4) is 0 Å². The molecule has 0 aromatic heterocycles. The zero-order valence-electron chi connectivity index (χ0n) is 26.5. The maximum absolute atomic E-state index is 14.4. The fourth-order valence-electron chi connectivity index (χ4n) is 6.92. The molecule has 3 fully saturated rings. The Labute approximate surface area is 268 Å². The number of carbonyl (C=O) groups is 7. The minimum absolute atomic E-state index is 0.0310.